The first-order chi connectivity index (χ1) is 7.22. The lowest BCUT2D eigenvalue weighted by Gasteiger charge is -2.15. The van der Waals surface area contributed by atoms with Crippen molar-refractivity contribution in [2.45, 2.75) is 0 Å². The highest BCUT2D eigenvalue weighted by atomic mass is 16.5. The Balaban J connectivity index is 2.25. The molecule has 84 valence electrons. The van der Waals surface area contributed by atoms with Crippen molar-refractivity contribution in [3.8, 4) is 5.75 Å². The average Bonchev–Trinajstić information content (AvgIpc) is 2.18. The predicted molar refractivity (Wildman–Crippen MR) is 60.9 cm³/mol. The van der Waals surface area contributed by atoms with E-state index in [9.17, 15) is 0 Å². The zero-order valence-electron chi connectivity index (χ0n) is 9.02. The van der Waals surface area contributed by atoms with Gasteiger partial charge in [0, 0.05) is 24.8 Å². The van der Waals surface area contributed by atoms with Gasteiger partial charge in [0.05, 0.1) is 6.61 Å². The maximum Gasteiger partial charge on any atom is 0.121 e. The van der Waals surface area contributed by atoms with Crippen LogP contribution in [-0.2, 0) is 0 Å². The van der Waals surface area contributed by atoms with Crippen LogP contribution in [0, 0.1) is 0 Å². The molecule has 0 radical (unpaired) electrons. The lowest BCUT2D eigenvalue weighted by Crippen LogP contribution is -2.27. The molecule has 0 aliphatic rings. The molecule has 15 heavy (non-hydrogen) atoms. The Hall–Kier alpha value is -1.26. The van der Waals surface area contributed by atoms with E-state index in [2.05, 4.69) is 0 Å². The summed E-state index contributed by atoms with van der Waals surface area (Å²) in [5, 5.41) is 8.69. The summed E-state index contributed by atoms with van der Waals surface area (Å²) in [4.78, 5) is 2.01. The Kier molecular flexibility index (Phi) is 4.93. The number of rotatable bonds is 6. The van der Waals surface area contributed by atoms with E-state index in [1.54, 1.807) is 6.07 Å². The summed E-state index contributed by atoms with van der Waals surface area (Å²) in [6.07, 6.45) is 0. The van der Waals surface area contributed by atoms with Gasteiger partial charge in [0.1, 0.15) is 12.4 Å². The van der Waals surface area contributed by atoms with Crippen molar-refractivity contribution in [2.24, 2.45) is 0 Å². The van der Waals surface area contributed by atoms with Crippen molar-refractivity contribution in [2.75, 3.05) is 39.1 Å². The zero-order valence-corrected chi connectivity index (χ0v) is 9.02. The molecule has 0 aliphatic heterocycles. The van der Waals surface area contributed by atoms with E-state index in [1.807, 2.05) is 30.1 Å². The second-order valence-electron chi connectivity index (χ2n) is 3.45. The van der Waals surface area contributed by atoms with Crippen molar-refractivity contribution >= 4 is 5.69 Å². The third-order valence-corrected chi connectivity index (χ3v) is 2.08. The molecule has 0 aliphatic carbocycles. The van der Waals surface area contributed by atoms with Gasteiger partial charge in [-0.3, -0.25) is 0 Å². The molecule has 0 heterocycles. The van der Waals surface area contributed by atoms with Gasteiger partial charge in [-0.25, -0.2) is 0 Å². The van der Waals surface area contributed by atoms with Gasteiger partial charge in [-0.2, -0.15) is 0 Å². The molecule has 0 bridgehead atoms. The Morgan fingerprint density at radius 2 is 2.20 bits per heavy atom. The molecule has 0 aromatic heterocycles. The number of hydrogen-bond donors (Lipinski definition) is 2. The van der Waals surface area contributed by atoms with Crippen molar-refractivity contribution in [1.29, 1.82) is 0 Å². The van der Waals surface area contributed by atoms with Gasteiger partial charge in [0.2, 0.25) is 0 Å². The molecule has 4 heteroatoms. The lowest BCUT2D eigenvalue weighted by atomic mass is 10.3. The molecule has 4 nitrogen and oxygen atoms in total. The Morgan fingerprint density at radius 3 is 2.87 bits per heavy atom. The first kappa shape index (κ1) is 11.8. The van der Waals surface area contributed by atoms with Gasteiger partial charge < -0.3 is 20.5 Å². The molecular formula is C11H18N2O2. The van der Waals surface area contributed by atoms with Crippen LogP contribution < -0.4 is 10.5 Å². The highest BCUT2D eigenvalue weighted by Crippen LogP contribution is 2.13. The number of aliphatic hydroxyl groups is 1. The third kappa shape index (κ3) is 4.67. The molecular weight excluding hydrogens is 192 g/mol. The number of nitrogens with zero attached hydrogens (tertiary/aromatic N) is 1. The number of anilines is 1. The molecule has 1 aromatic rings. The lowest BCUT2D eigenvalue weighted by molar-refractivity contribution is 0.192. The van der Waals surface area contributed by atoms with Crippen molar-refractivity contribution in [3.63, 3.8) is 0 Å². The zero-order chi connectivity index (χ0) is 11.1. The van der Waals surface area contributed by atoms with Crippen LogP contribution in [0.3, 0.4) is 0 Å². The number of likely N-dealkylation sites (N-methyl/N-ethyl adjacent to an activating group) is 1. The summed E-state index contributed by atoms with van der Waals surface area (Å²) in [6.45, 7) is 2.23. The molecule has 0 atom stereocenters. The highest BCUT2D eigenvalue weighted by Gasteiger charge is 1.98. The Bertz CT molecular complexity index is 292. The summed E-state index contributed by atoms with van der Waals surface area (Å²) < 4.78 is 5.50. The number of hydrogen-bond acceptors (Lipinski definition) is 4. The second kappa shape index (κ2) is 6.27. The van der Waals surface area contributed by atoms with E-state index in [0.717, 1.165) is 12.3 Å². The molecule has 0 fully saturated rings. The minimum absolute atomic E-state index is 0.175. The number of ether oxygens (including phenoxy) is 1. The minimum Gasteiger partial charge on any atom is -0.492 e. The maximum atomic E-state index is 8.69. The van der Waals surface area contributed by atoms with E-state index in [-0.39, 0.29) is 6.61 Å². The smallest absolute Gasteiger partial charge is 0.121 e. The van der Waals surface area contributed by atoms with Crippen LogP contribution in [0.5, 0.6) is 5.75 Å². The van der Waals surface area contributed by atoms with Crippen molar-refractivity contribution in [1.82, 2.24) is 4.90 Å². The van der Waals surface area contributed by atoms with Crippen molar-refractivity contribution in [3.05, 3.63) is 24.3 Å². The number of benzene rings is 1. The number of aliphatic hydroxyl groups excluding tert-OH is 1. The van der Waals surface area contributed by atoms with Gasteiger partial charge >= 0.3 is 0 Å². The molecule has 1 rings (SSSR count). The quantitative estimate of drug-likeness (QED) is 0.674. The summed E-state index contributed by atoms with van der Waals surface area (Å²) in [5.74, 6) is 0.785. The monoisotopic (exact) mass is 210 g/mol. The Morgan fingerprint density at radius 1 is 1.40 bits per heavy atom. The van der Waals surface area contributed by atoms with E-state index >= 15 is 0 Å². The predicted octanol–water partition coefficient (Wildman–Crippen LogP) is 0.572. The number of nitrogens with two attached hydrogens (primary N) is 1. The standard InChI is InChI=1S/C11H18N2O2/c1-13(5-7-14)6-8-15-11-4-2-3-10(12)9-11/h2-4,9,14H,5-8,12H2,1H3. The van der Waals surface area contributed by atoms with Gasteiger partial charge in [-0.05, 0) is 19.2 Å². The van der Waals surface area contributed by atoms with Gasteiger partial charge in [-0.1, -0.05) is 6.07 Å². The Labute approximate surface area is 90.3 Å². The fourth-order valence-corrected chi connectivity index (χ4v) is 1.21. The largest absolute Gasteiger partial charge is 0.492 e. The molecule has 0 amide bonds. The topological polar surface area (TPSA) is 58.7 Å². The van der Waals surface area contributed by atoms with Crippen molar-refractivity contribution < 1.29 is 9.84 Å². The molecule has 3 N–H and O–H groups in total. The highest BCUT2D eigenvalue weighted by molar-refractivity contribution is 5.43. The first-order valence-electron chi connectivity index (χ1n) is 5.00. The second-order valence-corrected chi connectivity index (χ2v) is 3.45. The summed E-state index contributed by atoms with van der Waals surface area (Å²) >= 11 is 0. The third-order valence-electron chi connectivity index (χ3n) is 2.08. The van der Waals surface area contributed by atoms with Crippen LogP contribution in [0.4, 0.5) is 5.69 Å². The van der Waals surface area contributed by atoms with E-state index in [1.165, 1.54) is 0 Å². The van der Waals surface area contributed by atoms with Crippen LogP contribution in [-0.4, -0.2) is 43.4 Å². The molecule has 0 saturated carbocycles. The SMILES string of the molecule is CN(CCO)CCOc1cccc(N)c1. The maximum absolute atomic E-state index is 8.69. The van der Waals surface area contributed by atoms with Gasteiger partial charge in [0.15, 0.2) is 0 Å². The normalized spacial score (nSPS) is 10.6. The summed E-state index contributed by atoms with van der Waals surface area (Å²) in [7, 11) is 1.94. The fraction of sp³-hybridized carbons (Fsp3) is 0.455. The van der Waals surface area contributed by atoms with Gasteiger partial charge in [-0.15, -0.1) is 0 Å². The fourth-order valence-electron chi connectivity index (χ4n) is 1.21. The van der Waals surface area contributed by atoms with Crippen LogP contribution in [0.15, 0.2) is 24.3 Å². The van der Waals surface area contributed by atoms with Gasteiger partial charge in [0.25, 0.3) is 0 Å². The molecule has 1 aromatic carbocycles. The average molecular weight is 210 g/mol. The van der Waals surface area contributed by atoms with Crippen LogP contribution >= 0.6 is 0 Å². The molecule has 0 spiro atoms. The van der Waals surface area contributed by atoms with E-state index < -0.39 is 0 Å². The van der Waals surface area contributed by atoms with E-state index in [0.29, 0.717) is 18.8 Å². The van der Waals surface area contributed by atoms with Crippen LogP contribution in [0.1, 0.15) is 0 Å². The molecule has 0 saturated heterocycles. The van der Waals surface area contributed by atoms with E-state index in [4.69, 9.17) is 15.6 Å². The number of nitrogen functional groups attached to an aromatic ring is 1. The van der Waals surface area contributed by atoms with Crippen LogP contribution in [0.25, 0.3) is 0 Å². The summed E-state index contributed by atoms with van der Waals surface area (Å²) in [5.41, 5.74) is 6.32. The molecule has 0 unspecified atom stereocenters. The van der Waals surface area contributed by atoms with Crippen LogP contribution in [0.2, 0.25) is 0 Å². The minimum atomic E-state index is 0.175. The first-order valence-corrected chi connectivity index (χ1v) is 5.00. The summed E-state index contributed by atoms with van der Waals surface area (Å²) in [6, 6.07) is 7.36.